The summed E-state index contributed by atoms with van der Waals surface area (Å²) in [5, 5.41) is 3.73. The third-order valence-corrected chi connectivity index (χ3v) is 4.17. The number of nitrogens with one attached hydrogen (secondary N) is 1. The van der Waals surface area contributed by atoms with Gasteiger partial charge in [-0.3, -0.25) is 0 Å². The molecule has 2 aliphatic rings. The summed E-state index contributed by atoms with van der Waals surface area (Å²) in [6, 6.07) is 0. The van der Waals surface area contributed by atoms with Gasteiger partial charge >= 0.3 is 0 Å². The maximum absolute atomic E-state index is 3.73. The Bertz CT molecular complexity index is 186. The number of hydrogen-bond donors (Lipinski definition) is 1. The molecule has 1 aliphatic heterocycles. The van der Waals surface area contributed by atoms with Crippen molar-refractivity contribution in [3.8, 4) is 0 Å². The lowest BCUT2D eigenvalue weighted by Gasteiger charge is -2.51. The second-order valence-corrected chi connectivity index (χ2v) is 6.12. The van der Waals surface area contributed by atoms with Crippen molar-refractivity contribution in [2.24, 2.45) is 11.3 Å². The van der Waals surface area contributed by atoms with Crippen molar-refractivity contribution in [3.05, 3.63) is 0 Å². The molecule has 2 rings (SSSR count). The van der Waals surface area contributed by atoms with Crippen LogP contribution in [0, 0.1) is 11.3 Å². The van der Waals surface area contributed by atoms with Crippen LogP contribution in [0.25, 0.3) is 0 Å². The van der Waals surface area contributed by atoms with Crippen molar-refractivity contribution >= 4 is 0 Å². The average molecular weight is 181 g/mol. The van der Waals surface area contributed by atoms with E-state index in [4.69, 9.17) is 0 Å². The maximum Gasteiger partial charge on any atom is 0.0184 e. The summed E-state index contributed by atoms with van der Waals surface area (Å²) < 4.78 is 0. The topological polar surface area (TPSA) is 12.0 Å². The summed E-state index contributed by atoms with van der Waals surface area (Å²) in [5.41, 5.74) is 1.10. The molecule has 0 aromatic rings. The smallest absolute Gasteiger partial charge is 0.0184 e. The third-order valence-electron chi connectivity index (χ3n) is 4.17. The van der Waals surface area contributed by atoms with Crippen LogP contribution in [0.15, 0.2) is 0 Å². The van der Waals surface area contributed by atoms with E-state index < -0.39 is 0 Å². The van der Waals surface area contributed by atoms with E-state index in [-0.39, 0.29) is 0 Å². The number of hydrogen-bond acceptors (Lipinski definition) is 1. The first-order chi connectivity index (χ1) is 6.02. The second-order valence-electron chi connectivity index (χ2n) is 6.12. The van der Waals surface area contributed by atoms with Gasteiger partial charge in [0.05, 0.1) is 0 Å². The molecule has 0 amide bonds. The van der Waals surface area contributed by atoms with E-state index in [1.54, 1.807) is 0 Å². The van der Waals surface area contributed by atoms with Gasteiger partial charge in [0.25, 0.3) is 0 Å². The van der Waals surface area contributed by atoms with Gasteiger partial charge < -0.3 is 5.32 Å². The standard InChI is InChI=1S/C12H23N/c1-11(2,3)10-5-8-13-12(9-10)6-4-7-12/h10,13H,4-9H2,1-3H3. The SMILES string of the molecule is CC(C)(C)C1CCNC2(CCC2)C1. The van der Waals surface area contributed by atoms with Crippen molar-refractivity contribution in [1.29, 1.82) is 0 Å². The lowest BCUT2D eigenvalue weighted by Crippen LogP contribution is -2.57. The normalized spacial score (nSPS) is 33.0. The van der Waals surface area contributed by atoms with Gasteiger partial charge in [0.2, 0.25) is 0 Å². The molecule has 1 heteroatoms. The van der Waals surface area contributed by atoms with Crippen LogP contribution in [0.2, 0.25) is 0 Å². The van der Waals surface area contributed by atoms with Gasteiger partial charge in [0, 0.05) is 5.54 Å². The monoisotopic (exact) mass is 181 g/mol. The molecule has 1 N–H and O–H groups in total. The van der Waals surface area contributed by atoms with E-state index in [1.165, 1.54) is 38.6 Å². The van der Waals surface area contributed by atoms with Gasteiger partial charge in [-0.05, 0) is 50.0 Å². The highest BCUT2D eigenvalue weighted by Gasteiger charge is 2.43. The zero-order valence-corrected chi connectivity index (χ0v) is 9.32. The van der Waals surface area contributed by atoms with Crippen LogP contribution >= 0.6 is 0 Å². The fourth-order valence-corrected chi connectivity index (χ4v) is 2.88. The quantitative estimate of drug-likeness (QED) is 0.606. The molecule has 2 fully saturated rings. The molecule has 1 heterocycles. The largest absolute Gasteiger partial charge is 0.311 e. The fraction of sp³-hybridized carbons (Fsp3) is 1.00. The van der Waals surface area contributed by atoms with E-state index in [1.807, 2.05) is 0 Å². The highest BCUT2D eigenvalue weighted by Crippen LogP contribution is 2.45. The zero-order valence-electron chi connectivity index (χ0n) is 9.32. The molecule has 1 spiro atoms. The Morgan fingerprint density at radius 2 is 1.92 bits per heavy atom. The Morgan fingerprint density at radius 3 is 2.38 bits per heavy atom. The van der Waals surface area contributed by atoms with Gasteiger partial charge in [0.1, 0.15) is 0 Å². The van der Waals surface area contributed by atoms with Crippen LogP contribution in [0.4, 0.5) is 0 Å². The molecule has 0 bridgehead atoms. The minimum Gasteiger partial charge on any atom is -0.311 e. The van der Waals surface area contributed by atoms with Gasteiger partial charge in [0.15, 0.2) is 0 Å². The van der Waals surface area contributed by atoms with Gasteiger partial charge in [-0.1, -0.05) is 20.8 Å². The number of rotatable bonds is 0. The first-order valence-electron chi connectivity index (χ1n) is 5.77. The number of piperidine rings is 1. The summed E-state index contributed by atoms with van der Waals surface area (Å²) in [7, 11) is 0. The van der Waals surface area contributed by atoms with E-state index in [0.717, 1.165) is 5.92 Å². The molecule has 0 aromatic heterocycles. The van der Waals surface area contributed by atoms with Crippen LogP contribution in [0.1, 0.15) is 52.9 Å². The van der Waals surface area contributed by atoms with E-state index in [0.29, 0.717) is 11.0 Å². The van der Waals surface area contributed by atoms with Crippen LogP contribution < -0.4 is 5.32 Å². The summed E-state index contributed by atoms with van der Waals surface area (Å²) in [6.45, 7) is 8.45. The first kappa shape index (κ1) is 9.51. The molecule has 0 radical (unpaired) electrons. The maximum atomic E-state index is 3.73. The highest BCUT2D eigenvalue weighted by molar-refractivity contribution is 5.01. The van der Waals surface area contributed by atoms with Gasteiger partial charge in [-0.25, -0.2) is 0 Å². The zero-order chi connectivity index (χ0) is 9.53. The second kappa shape index (κ2) is 2.98. The highest BCUT2D eigenvalue weighted by atomic mass is 15.0. The Balaban J connectivity index is 2.00. The minimum absolute atomic E-state index is 0.519. The summed E-state index contributed by atoms with van der Waals surface area (Å²) in [5.74, 6) is 0.939. The molecule has 76 valence electrons. The average Bonchev–Trinajstić information content (AvgIpc) is 2.00. The summed E-state index contributed by atoms with van der Waals surface area (Å²) >= 11 is 0. The Morgan fingerprint density at radius 1 is 1.23 bits per heavy atom. The first-order valence-corrected chi connectivity index (χ1v) is 5.77. The van der Waals surface area contributed by atoms with Crippen LogP contribution in [-0.4, -0.2) is 12.1 Å². The van der Waals surface area contributed by atoms with Crippen molar-refractivity contribution in [2.45, 2.75) is 58.4 Å². The molecule has 0 aromatic carbocycles. The predicted octanol–water partition coefficient (Wildman–Crippen LogP) is 2.95. The van der Waals surface area contributed by atoms with Crippen molar-refractivity contribution in [1.82, 2.24) is 5.32 Å². The Kier molecular flexibility index (Phi) is 2.18. The minimum atomic E-state index is 0.519. The van der Waals surface area contributed by atoms with E-state index in [2.05, 4.69) is 26.1 Å². The third kappa shape index (κ3) is 1.76. The molecule has 1 aliphatic carbocycles. The van der Waals surface area contributed by atoms with Crippen LogP contribution in [0.5, 0.6) is 0 Å². The van der Waals surface area contributed by atoms with Crippen molar-refractivity contribution < 1.29 is 0 Å². The molecule has 1 atom stereocenters. The lowest BCUT2D eigenvalue weighted by atomic mass is 9.63. The van der Waals surface area contributed by atoms with Gasteiger partial charge in [-0.2, -0.15) is 0 Å². The molecule has 1 nitrogen and oxygen atoms in total. The fourth-order valence-electron chi connectivity index (χ4n) is 2.88. The Labute approximate surface area is 82.3 Å². The molecule has 1 saturated heterocycles. The van der Waals surface area contributed by atoms with Crippen LogP contribution in [-0.2, 0) is 0 Å². The van der Waals surface area contributed by atoms with Crippen molar-refractivity contribution in [2.75, 3.05) is 6.54 Å². The Hall–Kier alpha value is -0.0400. The lowest BCUT2D eigenvalue weighted by molar-refractivity contribution is 0.0577. The van der Waals surface area contributed by atoms with Crippen LogP contribution in [0.3, 0.4) is 0 Å². The van der Waals surface area contributed by atoms with Gasteiger partial charge in [-0.15, -0.1) is 0 Å². The summed E-state index contributed by atoms with van der Waals surface area (Å²) in [4.78, 5) is 0. The van der Waals surface area contributed by atoms with E-state index in [9.17, 15) is 0 Å². The molecular weight excluding hydrogens is 158 g/mol. The summed E-state index contributed by atoms with van der Waals surface area (Å²) in [6.07, 6.45) is 7.12. The molecule has 1 unspecified atom stereocenters. The molecule has 1 saturated carbocycles. The molecule has 13 heavy (non-hydrogen) atoms. The van der Waals surface area contributed by atoms with Crippen molar-refractivity contribution in [3.63, 3.8) is 0 Å². The predicted molar refractivity (Wildman–Crippen MR) is 56.8 cm³/mol. The molecular formula is C12H23N. The van der Waals surface area contributed by atoms with E-state index >= 15 is 0 Å².